The number of hydrogen-bond acceptors (Lipinski definition) is 3. The van der Waals surface area contributed by atoms with Crippen molar-refractivity contribution in [3.05, 3.63) is 28.8 Å². The molecular formula is C15H23ClN2O2S. The molecule has 0 saturated heterocycles. The summed E-state index contributed by atoms with van der Waals surface area (Å²) in [4.78, 5) is 0.285. The van der Waals surface area contributed by atoms with Gasteiger partial charge >= 0.3 is 0 Å². The third kappa shape index (κ3) is 4.19. The van der Waals surface area contributed by atoms with Crippen molar-refractivity contribution >= 4 is 21.6 Å². The van der Waals surface area contributed by atoms with Gasteiger partial charge in [-0.3, -0.25) is 0 Å². The Morgan fingerprint density at radius 3 is 2.57 bits per heavy atom. The van der Waals surface area contributed by atoms with E-state index < -0.39 is 10.0 Å². The van der Waals surface area contributed by atoms with Crippen LogP contribution in [0.5, 0.6) is 0 Å². The van der Waals surface area contributed by atoms with E-state index in [2.05, 4.69) is 10.0 Å². The average Bonchev–Trinajstić information content (AvgIpc) is 2.83. The fourth-order valence-corrected chi connectivity index (χ4v) is 4.45. The third-order valence-corrected chi connectivity index (χ3v) is 5.99. The quantitative estimate of drug-likeness (QED) is 0.842. The number of hydrogen-bond donors (Lipinski definition) is 2. The fourth-order valence-electron chi connectivity index (χ4n) is 2.75. The van der Waals surface area contributed by atoms with E-state index >= 15 is 0 Å². The number of sulfonamides is 1. The summed E-state index contributed by atoms with van der Waals surface area (Å²) in [6.07, 6.45) is 3.94. The molecule has 0 spiro atoms. The van der Waals surface area contributed by atoms with Gasteiger partial charge in [-0.05, 0) is 50.1 Å². The Kier molecular flexibility index (Phi) is 5.30. The largest absolute Gasteiger partial charge is 0.313 e. The minimum Gasteiger partial charge on any atom is -0.313 e. The molecule has 1 aromatic carbocycles. The van der Waals surface area contributed by atoms with Gasteiger partial charge in [0.2, 0.25) is 10.0 Å². The highest BCUT2D eigenvalue weighted by Gasteiger charge is 2.33. The van der Waals surface area contributed by atoms with Crippen LogP contribution in [0.2, 0.25) is 5.02 Å². The molecule has 1 fully saturated rings. The fraction of sp³-hybridized carbons (Fsp3) is 0.600. The molecule has 0 radical (unpaired) electrons. The van der Waals surface area contributed by atoms with Gasteiger partial charge in [0.15, 0.2) is 0 Å². The van der Waals surface area contributed by atoms with E-state index in [1.165, 1.54) is 0 Å². The highest BCUT2D eigenvalue weighted by Crippen LogP contribution is 2.31. The second kappa shape index (κ2) is 6.65. The highest BCUT2D eigenvalue weighted by molar-refractivity contribution is 7.89. The normalized spacial score (nSPS) is 18.0. The molecule has 4 nitrogen and oxygen atoms in total. The summed E-state index contributed by atoms with van der Waals surface area (Å²) in [7, 11) is -3.50. The summed E-state index contributed by atoms with van der Waals surface area (Å²) in [5.41, 5.74) is 0.485. The van der Waals surface area contributed by atoms with Crippen molar-refractivity contribution in [1.29, 1.82) is 0 Å². The molecule has 1 aromatic rings. The Bertz CT molecular complexity index is 596. The van der Waals surface area contributed by atoms with Crippen LogP contribution < -0.4 is 10.0 Å². The van der Waals surface area contributed by atoms with Gasteiger partial charge in [-0.1, -0.05) is 31.4 Å². The van der Waals surface area contributed by atoms with Crippen LogP contribution >= 0.6 is 11.6 Å². The first-order valence-corrected chi connectivity index (χ1v) is 9.25. The van der Waals surface area contributed by atoms with Crippen LogP contribution in [0.3, 0.4) is 0 Å². The Labute approximate surface area is 132 Å². The lowest BCUT2D eigenvalue weighted by molar-refractivity contribution is 0.427. The van der Waals surface area contributed by atoms with Crippen molar-refractivity contribution in [3.63, 3.8) is 0 Å². The molecule has 0 unspecified atom stereocenters. The summed E-state index contributed by atoms with van der Waals surface area (Å²) in [6.45, 7) is 5.35. The molecule has 0 aliphatic heterocycles. The topological polar surface area (TPSA) is 58.2 Å². The SMILES string of the molecule is CCNCc1cc(S(=O)(=O)NC2(C)CCCC2)ccc1Cl. The van der Waals surface area contributed by atoms with E-state index in [0.717, 1.165) is 37.8 Å². The molecule has 1 aliphatic rings. The lowest BCUT2D eigenvalue weighted by atomic mass is 10.0. The predicted octanol–water partition coefficient (Wildman–Crippen LogP) is 3.06. The Hall–Kier alpha value is -0.620. The summed E-state index contributed by atoms with van der Waals surface area (Å²) in [5.74, 6) is 0. The molecule has 0 amide bonds. The monoisotopic (exact) mass is 330 g/mol. The van der Waals surface area contributed by atoms with Gasteiger partial charge < -0.3 is 5.32 Å². The molecule has 0 heterocycles. The number of benzene rings is 1. The van der Waals surface area contributed by atoms with Gasteiger partial charge in [-0.25, -0.2) is 13.1 Å². The van der Waals surface area contributed by atoms with E-state index in [-0.39, 0.29) is 10.4 Å². The first kappa shape index (κ1) is 16.7. The van der Waals surface area contributed by atoms with E-state index in [1.54, 1.807) is 18.2 Å². The van der Waals surface area contributed by atoms with Crippen LogP contribution in [0.25, 0.3) is 0 Å². The lowest BCUT2D eigenvalue weighted by Gasteiger charge is -2.25. The minimum absolute atomic E-state index is 0.285. The molecule has 2 rings (SSSR count). The summed E-state index contributed by atoms with van der Waals surface area (Å²) in [5, 5.41) is 3.75. The minimum atomic E-state index is -3.50. The van der Waals surface area contributed by atoms with Crippen LogP contribution in [0.15, 0.2) is 23.1 Å². The van der Waals surface area contributed by atoms with Crippen molar-refractivity contribution in [1.82, 2.24) is 10.0 Å². The molecule has 6 heteroatoms. The second-order valence-electron chi connectivity index (χ2n) is 5.91. The van der Waals surface area contributed by atoms with Crippen LogP contribution in [-0.2, 0) is 16.6 Å². The maximum absolute atomic E-state index is 12.6. The van der Waals surface area contributed by atoms with Gasteiger partial charge in [-0.15, -0.1) is 0 Å². The predicted molar refractivity (Wildman–Crippen MR) is 86.0 cm³/mol. The maximum Gasteiger partial charge on any atom is 0.241 e. The molecule has 118 valence electrons. The zero-order chi connectivity index (χ0) is 15.5. The van der Waals surface area contributed by atoms with Crippen molar-refractivity contribution in [2.75, 3.05) is 6.54 Å². The molecule has 1 aliphatic carbocycles. The maximum atomic E-state index is 12.6. The number of halogens is 1. The third-order valence-electron chi connectivity index (χ3n) is 3.98. The first-order valence-electron chi connectivity index (χ1n) is 7.39. The molecule has 0 aromatic heterocycles. The van der Waals surface area contributed by atoms with Crippen LogP contribution in [0.4, 0.5) is 0 Å². The summed E-state index contributed by atoms with van der Waals surface area (Å²) < 4.78 is 28.0. The number of nitrogens with one attached hydrogen (secondary N) is 2. The van der Waals surface area contributed by atoms with Crippen molar-refractivity contribution in [3.8, 4) is 0 Å². The van der Waals surface area contributed by atoms with Crippen LogP contribution in [-0.4, -0.2) is 20.5 Å². The standard InChI is InChI=1S/C15H23ClN2O2S/c1-3-17-11-12-10-13(6-7-14(12)16)21(19,20)18-15(2)8-4-5-9-15/h6-7,10,17-18H,3-5,8-9,11H2,1-2H3. The van der Waals surface area contributed by atoms with Gasteiger partial charge in [0, 0.05) is 17.1 Å². The van der Waals surface area contributed by atoms with Gasteiger partial charge in [-0.2, -0.15) is 0 Å². The van der Waals surface area contributed by atoms with Gasteiger partial charge in [0.25, 0.3) is 0 Å². The van der Waals surface area contributed by atoms with Crippen molar-refractivity contribution in [2.45, 2.75) is 56.5 Å². The molecule has 2 N–H and O–H groups in total. The van der Waals surface area contributed by atoms with E-state index in [4.69, 9.17) is 11.6 Å². The van der Waals surface area contributed by atoms with E-state index in [0.29, 0.717) is 11.6 Å². The van der Waals surface area contributed by atoms with Crippen molar-refractivity contribution in [2.24, 2.45) is 0 Å². The molecule has 0 bridgehead atoms. The second-order valence-corrected chi connectivity index (χ2v) is 8.00. The molecule has 21 heavy (non-hydrogen) atoms. The van der Waals surface area contributed by atoms with Gasteiger partial charge in [0.05, 0.1) is 4.90 Å². The Morgan fingerprint density at radius 1 is 1.29 bits per heavy atom. The van der Waals surface area contributed by atoms with Gasteiger partial charge in [0.1, 0.15) is 0 Å². The van der Waals surface area contributed by atoms with Crippen molar-refractivity contribution < 1.29 is 8.42 Å². The zero-order valence-corrected chi connectivity index (χ0v) is 14.1. The number of rotatable bonds is 6. The Balaban J connectivity index is 2.23. The molecule has 1 saturated carbocycles. The average molecular weight is 331 g/mol. The van der Waals surface area contributed by atoms with Crippen LogP contribution in [0.1, 0.15) is 45.1 Å². The zero-order valence-electron chi connectivity index (χ0n) is 12.6. The smallest absolute Gasteiger partial charge is 0.241 e. The summed E-state index contributed by atoms with van der Waals surface area (Å²) >= 11 is 6.12. The first-order chi connectivity index (χ1) is 9.86. The lowest BCUT2D eigenvalue weighted by Crippen LogP contribution is -2.43. The van der Waals surface area contributed by atoms with E-state index in [9.17, 15) is 8.42 Å². The van der Waals surface area contributed by atoms with Crippen LogP contribution in [0, 0.1) is 0 Å². The Morgan fingerprint density at radius 2 is 1.95 bits per heavy atom. The molecule has 0 atom stereocenters. The van der Waals surface area contributed by atoms with E-state index in [1.807, 2.05) is 13.8 Å². The molecular weight excluding hydrogens is 308 g/mol. The summed E-state index contributed by atoms with van der Waals surface area (Å²) in [6, 6.07) is 4.88. The highest BCUT2D eigenvalue weighted by atomic mass is 35.5.